The van der Waals surface area contributed by atoms with E-state index >= 15 is 0 Å². The normalized spacial score (nSPS) is 14.0. The number of carboxylic acids is 1. The van der Waals surface area contributed by atoms with E-state index in [1.165, 1.54) is 0 Å². The fourth-order valence-electron chi connectivity index (χ4n) is 4.71. The molecule has 3 aromatic carbocycles. The molecule has 2 amide bonds. The Bertz CT molecular complexity index is 1650. The second-order valence-electron chi connectivity index (χ2n) is 9.92. The first-order chi connectivity index (χ1) is 19.7. The third kappa shape index (κ3) is 6.60. The maximum atomic E-state index is 13.9. The predicted octanol–water partition coefficient (Wildman–Crippen LogP) is 2.95. The molecule has 0 spiro atoms. The van der Waals surface area contributed by atoms with Crippen LogP contribution in [-0.2, 0) is 20.8 Å². The Balaban J connectivity index is 1.71. The number of fused-ring (bicyclic) bond motifs is 1. The number of nitrogens with one attached hydrogen (secondary N) is 3. The summed E-state index contributed by atoms with van der Waals surface area (Å²) in [5.74, 6) is -3.06. The van der Waals surface area contributed by atoms with Crippen LogP contribution in [0.15, 0.2) is 94.5 Å². The first-order valence-electron chi connectivity index (χ1n) is 13.4. The van der Waals surface area contributed by atoms with Gasteiger partial charge in [0.25, 0.3) is 5.56 Å². The molecule has 4 rings (SSSR count). The van der Waals surface area contributed by atoms with Crippen molar-refractivity contribution < 1.29 is 19.5 Å². The van der Waals surface area contributed by atoms with Crippen molar-refractivity contribution in [2.24, 2.45) is 5.92 Å². The molecule has 0 radical (unpaired) electrons. The molecule has 1 unspecified atom stereocenters. The highest BCUT2D eigenvalue weighted by atomic mass is 16.4. The Morgan fingerprint density at radius 1 is 0.854 bits per heavy atom. The van der Waals surface area contributed by atoms with Gasteiger partial charge in [-0.15, -0.1) is 0 Å². The third-order valence-electron chi connectivity index (χ3n) is 7.18. The number of carboxylic acid groups (broad SMARTS) is 1. The number of amides is 2. The van der Waals surface area contributed by atoms with Crippen molar-refractivity contribution in [3.63, 3.8) is 0 Å². The Morgan fingerprint density at radius 2 is 1.46 bits per heavy atom. The fraction of sp³-hybridized carbons (Fsp3) is 0.258. The quantitative estimate of drug-likeness (QED) is 0.223. The summed E-state index contributed by atoms with van der Waals surface area (Å²) in [4.78, 5) is 68.7. The smallest absolute Gasteiger partial charge is 0.330 e. The van der Waals surface area contributed by atoms with Crippen molar-refractivity contribution in [1.82, 2.24) is 20.2 Å². The molecule has 4 N–H and O–H groups in total. The van der Waals surface area contributed by atoms with Crippen molar-refractivity contribution in [3.05, 3.63) is 117 Å². The maximum Gasteiger partial charge on any atom is 0.330 e. The number of para-hydroxylation sites is 1. The van der Waals surface area contributed by atoms with Crippen molar-refractivity contribution >= 4 is 28.7 Å². The fourth-order valence-corrected chi connectivity index (χ4v) is 4.71. The minimum atomic E-state index is -1.33. The molecular formula is C31H32N4O6. The van der Waals surface area contributed by atoms with Crippen molar-refractivity contribution in [1.29, 1.82) is 0 Å². The van der Waals surface area contributed by atoms with Gasteiger partial charge in [0.15, 0.2) is 6.04 Å². The molecule has 212 valence electrons. The zero-order valence-electron chi connectivity index (χ0n) is 22.7. The lowest BCUT2D eigenvalue weighted by atomic mass is 9.96. The zero-order chi connectivity index (χ0) is 29.5. The summed E-state index contributed by atoms with van der Waals surface area (Å²) in [7, 11) is 0. The molecule has 1 heterocycles. The number of aromatic nitrogens is 2. The number of hydrogen-bond donors (Lipinski definition) is 4. The molecule has 0 aliphatic heterocycles. The van der Waals surface area contributed by atoms with Crippen molar-refractivity contribution in [3.8, 4) is 0 Å². The van der Waals surface area contributed by atoms with E-state index in [9.17, 15) is 29.1 Å². The van der Waals surface area contributed by atoms with E-state index in [2.05, 4.69) is 15.6 Å². The molecule has 0 bridgehead atoms. The van der Waals surface area contributed by atoms with E-state index in [-0.39, 0.29) is 11.8 Å². The minimum absolute atomic E-state index is 0.00457. The third-order valence-corrected chi connectivity index (χ3v) is 7.18. The molecule has 10 heteroatoms. The Kier molecular flexibility index (Phi) is 9.13. The van der Waals surface area contributed by atoms with Gasteiger partial charge in [0.2, 0.25) is 11.8 Å². The van der Waals surface area contributed by atoms with Crippen LogP contribution >= 0.6 is 0 Å². The van der Waals surface area contributed by atoms with Crippen LogP contribution in [0.3, 0.4) is 0 Å². The molecule has 0 saturated heterocycles. The highest BCUT2D eigenvalue weighted by molar-refractivity contribution is 5.92. The van der Waals surface area contributed by atoms with Crippen molar-refractivity contribution in [2.75, 3.05) is 0 Å². The number of aliphatic carboxylic acids is 1. The van der Waals surface area contributed by atoms with Gasteiger partial charge in [-0.05, 0) is 29.2 Å². The molecule has 0 aliphatic rings. The first-order valence-corrected chi connectivity index (χ1v) is 13.4. The van der Waals surface area contributed by atoms with Gasteiger partial charge in [-0.25, -0.2) is 14.2 Å². The number of carbonyl (C=O) groups is 3. The number of hydrogen-bond acceptors (Lipinski definition) is 5. The topological polar surface area (TPSA) is 150 Å². The average Bonchev–Trinajstić information content (AvgIpc) is 2.98. The molecule has 0 saturated carbocycles. The summed E-state index contributed by atoms with van der Waals surface area (Å²) in [6.45, 7) is 3.59. The lowest BCUT2D eigenvalue weighted by Gasteiger charge is -2.28. The highest BCUT2D eigenvalue weighted by Gasteiger charge is 2.34. The summed E-state index contributed by atoms with van der Waals surface area (Å²) < 4.78 is 0.875. The maximum absolute atomic E-state index is 13.9. The van der Waals surface area contributed by atoms with Gasteiger partial charge in [0, 0.05) is 6.42 Å². The molecule has 4 atom stereocenters. The second kappa shape index (κ2) is 12.9. The summed E-state index contributed by atoms with van der Waals surface area (Å²) in [6.07, 6.45) is 0.492. The molecule has 1 aromatic heterocycles. The van der Waals surface area contributed by atoms with Gasteiger partial charge < -0.3 is 20.7 Å². The van der Waals surface area contributed by atoms with E-state index in [1.54, 1.807) is 85.8 Å². The number of nitrogens with zero attached hydrogens (tertiary/aromatic N) is 1. The number of benzene rings is 3. The lowest BCUT2D eigenvalue weighted by molar-refractivity contribution is -0.142. The predicted molar refractivity (Wildman–Crippen MR) is 154 cm³/mol. The van der Waals surface area contributed by atoms with E-state index in [4.69, 9.17) is 0 Å². The molecule has 0 fully saturated rings. The Labute approximate surface area is 236 Å². The van der Waals surface area contributed by atoms with Crippen LogP contribution in [0, 0.1) is 5.92 Å². The molecule has 4 aromatic rings. The number of carbonyl (C=O) groups excluding carboxylic acids is 2. The zero-order valence-corrected chi connectivity index (χ0v) is 22.7. The van der Waals surface area contributed by atoms with Crippen LogP contribution in [0.4, 0.5) is 0 Å². The summed E-state index contributed by atoms with van der Waals surface area (Å²) in [5.41, 5.74) is 0.0184. The van der Waals surface area contributed by atoms with Gasteiger partial charge in [-0.1, -0.05) is 93.1 Å². The largest absolute Gasteiger partial charge is 0.479 e. The first kappa shape index (κ1) is 29.0. The van der Waals surface area contributed by atoms with Gasteiger partial charge >= 0.3 is 11.7 Å². The minimum Gasteiger partial charge on any atom is -0.479 e. The summed E-state index contributed by atoms with van der Waals surface area (Å²) >= 11 is 0. The Morgan fingerprint density at radius 3 is 2.10 bits per heavy atom. The van der Waals surface area contributed by atoms with Crippen LogP contribution in [0.1, 0.15) is 43.5 Å². The number of H-pyrrole nitrogens is 1. The molecule has 0 aliphatic carbocycles. The molecule has 10 nitrogen and oxygen atoms in total. The summed E-state index contributed by atoms with van der Waals surface area (Å²) in [6, 6.07) is 19.9. The SMILES string of the molecule is CCC(C)[C@H](NC(=O)[C@@H](Cc1ccccc1)n1c(=O)[nH]c2ccccc2c1=O)C(=O)N[C@@H](C(=O)O)c1ccccc1. The van der Waals surface area contributed by atoms with E-state index in [0.717, 1.165) is 4.57 Å². The van der Waals surface area contributed by atoms with Crippen LogP contribution in [0.2, 0.25) is 0 Å². The van der Waals surface area contributed by atoms with Crippen molar-refractivity contribution in [2.45, 2.75) is 44.8 Å². The lowest BCUT2D eigenvalue weighted by Crippen LogP contribution is -2.55. The second-order valence-corrected chi connectivity index (χ2v) is 9.92. The number of aromatic amines is 1. The highest BCUT2D eigenvalue weighted by Crippen LogP contribution is 2.18. The Hall–Kier alpha value is -4.99. The van der Waals surface area contributed by atoms with E-state index < -0.39 is 53.1 Å². The van der Waals surface area contributed by atoms with Crippen LogP contribution in [0.25, 0.3) is 10.9 Å². The van der Waals surface area contributed by atoms with Gasteiger partial charge in [0.05, 0.1) is 10.9 Å². The average molecular weight is 557 g/mol. The van der Waals surface area contributed by atoms with Crippen LogP contribution in [-0.4, -0.2) is 38.5 Å². The van der Waals surface area contributed by atoms with Crippen LogP contribution < -0.4 is 21.9 Å². The molecular weight excluding hydrogens is 524 g/mol. The van der Waals surface area contributed by atoms with E-state index in [1.807, 2.05) is 13.0 Å². The number of rotatable bonds is 11. The van der Waals surface area contributed by atoms with Crippen LogP contribution in [0.5, 0.6) is 0 Å². The monoisotopic (exact) mass is 556 g/mol. The van der Waals surface area contributed by atoms with Gasteiger partial charge in [0.1, 0.15) is 12.1 Å². The van der Waals surface area contributed by atoms with Gasteiger partial charge in [-0.2, -0.15) is 0 Å². The van der Waals surface area contributed by atoms with E-state index in [0.29, 0.717) is 23.1 Å². The molecule has 41 heavy (non-hydrogen) atoms. The standard InChI is InChI=1S/C31H32N4O6/c1-3-19(2)25(28(37)34-26(30(39)40)21-14-8-5-9-15-21)33-27(36)24(18-20-12-6-4-7-13-20)35-29(38)22-16-10-11-17-23(22)32-31(35)41/h4-17,19,24-26H,3,18H2,1-2H3,(H,32,41)(H,33,36)(H,34,37)(H,39,40)/t19?,24-,25+,26-/m1/s1. The summed E-state index contributed by atoms with van der Waals surface area (Å²) in [5, 5.41) is 15.3. The van der Waals surface area contributed by atoms with Gasteiger partial charge in [-0.3, -0.25) is 14.4 Å².